The van der Waals surface area contributed by atoms with Gasteiger partial charge in [-0.25, -0.2) is 0 Å². The van der Waals surface area contributed by atoms with Crippen molar-refractivity contribution in [1.82, 2.24) is 10.2 Å². The van der Waals surface area contributed by atoms with Gasteiger partial charge in [0.1, 0.15) is 0 Å². The molecule has 62 valence electrons. The van der Waals surface area contributed by atoms with Crippen molar-refractivity contribution >= 4 is 34.8 Å². The molecule has 2 nitrogen and oxygen atoms in total. The number of nitrogens with zero attached hydrogens (tertiary/aromatic N) is 2. The second-order valence-corrected chi connectivity index (χ2v) is 2.85. The van der Waals surface area contributed by atoms with E-state index >= 15 is 0 Å². The molecule has 0 saturated carbocycles. The lowest BCUT2D eigenvalue weighted by molar-refractivity contribution is 1.02. The molecule has 0 aromatic carbocycles. The lowest BCUT2D eigenvalue weighted by atomic mass is 10.4. The van der Waals surface area contributed by atoms with Crippen LogP contribution in [0.1, 0.15) is 5.56 Å². The number of alkyl halides is 2. The highest BCUT2D eigenvalue weighted by molar-refractivity contribution is 6.40. The van der Waals surface area contributed by atoms with Gasteiger partial charge in [0.05, 0.1) is 11.5 Å². The lowest BCUT2D eigenvalue weighted by Crippen LogP contribution is -1.80. The van der Waals surface area contributed by atoms with Gasteiger partial charge < -0.3 is 0 Å². The lowest BCUT2D eigenvalue weighted by Gasteiger charge is -1.86. The monoisotopic (exact) mass is 212 g/mol. The van der Waals surface area contributed by atoms with Gasteiger partial charge >= 0.3 is 0 Å². The van der Waals surface area contributed by atoms with Gasteiger partial charge in [0, 0.05) is 0 Å². The summed E-state index contributed by atoms with van der Waals surface area (Å²) in [6.45, 7) is 1.92. The van der Waals surface area contributed by atoms with Gasteiger partial charge in [-0.1, -0.05) is 11.6 Å². The molecule has 0 amide bonds. The molecule has 0 fully saturated rings. The Labute approximate surface area is 80.5 Å². The zero-order valence-corrected chi connectivity index (χ0v) is 8.16. The Bertz CT molecular complexity index is 188. The maximum Gasteiger partial charge on any atom is 0.151 e. The van der Waals surface area contributed by atoms with Gasteiger partial charge in [-0.2, -0.15) is 5.10 Å². The number of rotatable bonds is 0. The summed E-state index contributed by atoms with van der Waals surface area (Å²) in [5, 5.41) is 7.80. The first kappa shape index (κ1) is 11.0. The molecule has 0 unspecified atom stereocenters. The minimum Gasteiger partial charge on any atom is -0.157 e. The van der Waals surface area contributed by atoms with Crippen LogP contribution in [-0.4, -0.2) is 15.5 Å². The van der Waals surface area contributed by atoms with E-state index in [1.165, 1.54) is 0 Å². The predicted molar refractivity (Wildman–Crippen MR) is 48.4 cm³/mol. The van der Waals surface area contributed by atoms with Gasteiger partial charge in [0.15, 0.2) is 5.15 Å². The van der Waals surface area contributed by atoms with E-state index in [1.807, 2.05) is 6.92 Å². The van der Waals surface area contributed by atoms with Crippen LogP contribution < -0.4 is 0 Å². The Morgan fingerprint density at radius 3 is 2.27 bits per heavy atom. The van der Waals surface area contributed by atoms with Gasteiger partial charge in [-0.05, 0) is 18.6 Å². The first-order valence-electron chi connectivity index (χ1n) is 2.77. The smallest absolute Gasteiger partial charge is 0.151 e. The summed E-state index contributed by atoms with van der Waals surface area (Å²) < 4.78 is 0. The van der Waals surface area contributed by atoms with Crippen molar-refractivity contribution in [2.24, 2.45) is 0 Å². The molecule has 1 aromatic rings. The number of aromatic nitrogens is 2. The van der Waals surface area contributed by atoms with Crippen molar-refractivity contribution < 1.29 is 0 Å². The molecule has 11 heavy (non-hydrogen) atoms. The Hall–Kier alpha value is -0.0500. The third-order valence-electron chi connectivity index (χ3n) is 0.761. The average molecular weight is 213 g/mol. The van der Waals surface area contributed by atoms with Crippen LogP contribution in [0.5, 0.6) is 0 Å². The van der Waals surface area contributed by atoms with Crippen molar-refractivity contribution in [2.75, 3.05) is 5.34 Å². The molecule has 0 aliphatic heterocycles. The molecule has 1 aromatic heterocycles. The van der Waals surface area contributed by atoms with E-state index in [2.05, 4.69) is 10.2 Å². The topological polar surface area (TPSA) is 25.8 Å². The molecule has 0 spiro atoms. The highest BCUT2D eigenvalue weighted by Gasteiger charge is 1.85. The minimum atomic E-state index is 0.194. The standard InChI is InChI=1S/C5H5ClN2.CH2Cl2/c1-4-2-5(6)8-7-3-4;2-1-3/h2-3H,1H3;1H2. The van der Waals surface area contributed by atoms with E-state index in [9.17, 15) is 0 Å². The summed E-state index contributed by atoms with van der Waals surface area (Å²) in [5.74, 6) is 0. The van der Waals surface area contributed by atoms with E-state index in [0.717, 1.165) is 5.56 Å². The van der Waals surface area contributed by atoms with Crippen LogP contribution in [0.15, 0.2) is 12.3 Å². The van der Waals surface area contributed by atoms with Gasteiger partial charge in [-0.3, -0.25) is 0 Å². The highest BCUT2D eigenvalue weighted by atomic mass is 35.5. The van der Waals surface area contributed by atoms with Crippen molar-refractivity contribution in [1.29, 1.82) is 0 Å². The van der Waals surface area contributed by atoms with E-state index in [-0.39, 0.29) is 5.34 Å². The molecule has 0 aliphatic carbocycles. The number of aryl methyl sites for hydroxylation is 1. The molecular formula is C6H7Cl3N2. The third-order valence-corrected chi connectivity index (χ3v) is 0.946. The summed E-state index contributed by atoms with van der Waals surface area (Å²) in [7, 11) is 0. The molecule has 0 bridgehead atoms. The fourth-order valence-corrected chi connectivity index (χ4v) is 0.645. The quantitative estimate of drug-likeness (QED) is 0.619. The molecule has 5 heteroatoms. The van der Waals surface area contributed by atoms with Gasteiger partial charge in [0.2, 0.25) is 0 Å². The first-order chi connectivity index (χ1) is 5.20. The van der Waals surface area contributed by atoms with Crippen LogP contribution in [0.3, 0.4) is 0 Å². The van der Waals surface area contributed by atoms with E-state index in [4.69, 9.17) is 34.8 Å². The second kappa shape index (κ2) is 6.65. The summed E-state index contributed by atoms with van der Waals surface area (Å²) >= 11 is 15.0. The molecule has 1 rings (SSSR count). The zero-order chi connectivity index (χ0) is 8.69. The SMILES string of the molecule is Cc1cnnc(Cl)c1.ClCCl. The maximum absolute atomic E-state index is 5.47. The number of halogens is 3. The molecule has 0 atom stereocenters. The normalized spacial score (nSPS) is 8.36. The molecule has 0 saturated heterocycles. The van der Waals surface area contributed by atoms with Crippen LogP contribution in [0, 0.1) is 6.92 Å². The largest absolute Gasteiger partial charge is 0.157 e. The number of hydrogen-bond acceptors (Lipinski definition) is 2. The Morgan fingerprint density at radius 2 is 2.00 bits per heavy atom. The summed E-state index contributed by atoms with van der Waals surface area (Å²) in [4.78, 5) is 0. The van der Waals surface area contributed by atoms with Gasteiger partial charge in [0.25, 0.3) is 0 Å². The van der Waals surface area contributed by atoms with Crippen LogP contribution in [0.25, 0.3) is 0 Å². The number of hydrogen-bond donors (Lipinski definition) is 0. The van der Waals surface area contributed by atoms with E-state index < -0.39 is 0 Å². The van der Waals surface area contributed by atoms with Crippen molar-refractivity contribution in [3.05, 3.63) is 23.0 Å². The molecule has 0 aliphatic rings. The molecule has 1 heterocycles. The maximum atomic E-state index is 5.47. The minimum absolute atomic E-state index is 0.194. The Kier molecular flexibility index (Phi) is 6.62. The molecular weight excluding hydrogens is 206 g/mol. The van der Waals surface area contributed by atoms with Gasteiger partial charge in [-0.15, -0.1) is 28.3 Å². The Morgan fingerprint density at radius 1 is 1.45 bits per heavy atom. The van der Waals surface area contributed by atoms with Crippen molar-refractivity contribution in [3.8, 4) is 0 Å². The third kappa shape index (κ3) is 6.35. The predicted octanol–water partition coefficient (Wildman–Crippen LogP) is 2.86. The fourth-order valence-electron chi connectivity index (χ4n) is 0.429. The molecule has 0 radical (unpaired) electrons. The highest BCUT2D eigenvalue weighted by Crippen LogP contribution is 2.02. The fraction of sp³-hybridized carbons (Fsp3) is 0.333. The first-order valence-corrected chi connectivity index (χ1v) is 4.22. The van der Waals surface area contributed by atoms with Crippen molar-refractivity contribution in [2.45, 2.75) is 6.92 Å². The van der Waals surface area contributed by atoms with Crippen LogP contribution in [-0.2, 0) is 0 Å². The summed E-state index contributed by atoms with van der Waals surface area (Å²) in [6.07, 6.45) is 1.66. The Balaban J connectivity index is 0.000000292. The zero-order valence-electron chi connectivity index (χ0n) is 5.89. The van der Waals surface area contributed by atoms with E-state index in [1.54, 1.807) is 12.3 Å². The average Bonchev–Trinajstić information content (AvgIpc) is 1.88. The van der Waals surface area contributed by atoms with Crippen LogP contribution in [0.2, 0.25) is 5.15 Å². The van der Waals surface area contributed by atoms with Crippen LogP contribution in [0.4, 0.5) is 0 Å². The van der Waals surface area contributed by atoms with Crippen LogP contribution >= 0.6 is 34.8 Å². The summed E-state index contributed by atoms with van der Waals surface area (Å²) in [5.41, 5.74) is 1.03. The molecule has 0 N–H and O–H groups in total. The summed E-state index contributed by atoms with van der Waals surface area (Å²) in [6, 6.07) is 1.76. The van der Waals surface area contributed by atoms with Crippen molar-refractivity contribution in [3.63, 3.8) is 0 Å². The van der Waals surface area contributed by atoms with E-state index in [0.29, 0.717) is 5.15 Å². The second-order valence-electron chi connectivity index (χ2n) is 1.66.